The standard InChI is InChI=1S/C14H18O2/c1-11(13-9-5-6-10-16-13)14(15)12-7-3-2-4-8-12/h2-4,7-8,11,13H,5-6,9-10H2,1H3/t11-,13-/m1/s1. The smallest absolute Gasteiger partial charge is 0.168 e. The third kappa shape index (κ3) is 2.50. The molecular weight excluding hydrogens is 200 g/mol. The largest absolute Gasteiger partial charge is 0.377 e. The molecule has 0 saturated carbocycles. The maximum atomic E-state index is 12.2. The molecule has 1 aliphatic heterocycles. The van der Waals surface area contributed by atoms with Crippen molar-refractivity contribution in [2.24, 2.45) is 5.92 Å². The minimum absolute atomic E-state index is 0.0253. The molecule has 0 aromatic heterocycles. The third-order valence-corrected chi connectivity index (χ3v) is 3.24. The molecule has 0 spiro atoms. The van der Waals surface area contributed by atoms with Crippen LogP contribution in [-0.4, -0.2) is 18.5 Å². The second-order valence-electron chi connectivity index (χ2n) is 4.42. The summed E-state index contributed by atoms with van der Waals surface area (Å²) < 4.78 is 5.66. The first-order chi connectivity index (χ1) is 7.79. The third-order valence-electron chi connectivity index (χ3n) is 3.24. The highest BCUT2D eigenvalue weighted by molar-refractivity contribution is 5.97. The quantitative estimate of drug-likeness (QED) is 0.729. The lowest BCUT2D eigenvalue weighted by Gasteiger charge is -2.27. The van der Waals surface area contributed by atoms with E-state index in [1.54, 1.807) is 0 Å². The number of Topliss-reactive ketones (excluding diaryl/α,β-unsaturated/α-hetero) is 1. The summed E-state index contributed by atoms with van der Waals surface area (Å²) in [5.41, 5.74) is 0.796. The Labute approximate surface area is 96.6 Å². The van der Waals surface area contributed by atoms with Crippen LogP contribution in [0.2, 0.25) is 0 Å². The van der Waals surface area contributed by atoms with Crippen LogP contribution < -0.4 is 0 Å². The topological polar surface area (TPSA) is 26.3 Å². The molecule has 16 heavy (non-hydrogen) atoms. The molecule has 2 atom stereocenters. The summed E-state index contributed by atoms with van der Waals surface area (Å²) in [6.45, 7) is 2.78. The highest BCUT2D eigenvalue weighted by Gasteiger charge is 2.26. The van der Waals surface area contributed by atoms with Crippen molar-refractivity contribution < 1.29 is 9.53 Å². The van der Waals surface area contributed by atoms with Crippen LogP contribution in [0.5, 0.6) is 0 Å². The van der Waals surface area contributed by atoms with Gasteiger partial charge in [0.2, 0.25) is 0 Å². The number of carbonyl (C=O) groups is 1. The Hall–Kier alpha value is -1.15. The first kappa shape index (κ1) is 11.3. The molecule has 1 heterocycles. The fourth-order valence-electron chi connectivity index (χ4n) is 2.19. The molecule has 0 aliphatic carbocycles. The van der Waals surface area contributed by atoms with Crippen molar-refractivity contribution in [1.82, 2.24) is 0 Å². The molecule has 0 N–H and O–H groups in total. The predicted molar refractivity (Wildman–Crippen MR) is 63.5 cm³/mol. The number of ketones is 1. The number of hydrogen-bond donors (Lipinski definition) is 0. The molecule has 0 radical (unpaired) electrons. The van der Waals surface area contributed by atoms with Crippen LogP contribution in [0.1, 0.15) is 36.5 Å². The van der Waals surface area contributed by atoms with Gasteiger partial charge in [-0.15, -0.1) is 0 Å². The number of hydrogen-bond acceptors (Lipinski definition) is 2. The molecular formula is C14H18O2. The van der Waals surface area contributed by atoms with Gasteiger partial charge in [-0.1, -0.05) is 37.3 Å². The lowest BCUT2D eigenvalue weighted by molar-refractivity contribution is -0.0110. The van der Waals surface area contributed by atoms with Gasteiger partial charge in [0, 0.05) is 18.1 Å². The Kier molecular flexibility index (Phi) is 3.73. The van der Waals surface area contributed by atoms with Crippen LogP contribution >= 0.6 is 0 Å². The maximum absolute atomic E-state index is 12.2. The summed E-state index contributed by atoms with van der Waals surface area (Å²) in [4.78, 5) is 12.2. The monoisotopic (exact) mass is 218 g/mol. The number of ether oxygens (including phenoxy) is 1. The van der Waals surface area contributed by atoms with E-state index in [0.717, 1.165) is 25.0 Å². The molecule has 0 amide bonds. The predicted octanol–water partition coefficient (Wildman–Crippen LogP) is 3.07. The van der Waals surface area contributed by atoms with Crippen molar-refractivity contribution in [2.45, 2.75) is 32.3 Å². The molecule has 0 unspecified atom stereocenters. The van der Waals surface area contributed by atoms with Gasteiger partial charge < -0.3 is 4.74 Å². The van der Waals surface area contributed by atoms with E-state index in [1.807, 2.05) is 37.3 Å². The fourth-order valence-corrected chi connectivity index (χ4v) is 2.19. The van der Waals surface area contributed by atoms with Crippen LogP contribution in [0.15, 0.2) is 30.3 Å². The zero-order chi connectivity index (χ0) is 11.4. The highest BCUT2D eigenvalue weighted by atomic mass is 16.5. The average Bonchev–Trinajstić information content (AvgIpc) is 2.39. The minimum Gasteiger partial charge on any atom is -0.377 e. The van der Waals surface area contributed by atoms with Gasteiger partial charge >= 0.3 is 0 Å². The van der Waals surface area contributed by atoms with E-state index in [9.17, 15) is 4.79 Å². The van der Waals surface area contributed by atoms with Gasteiger partial charge in [-0.05, 0) is 19.3 Å². The average molecular weight is 218 g/mol. The van der Waals surface area contributed by atoms with E-state index < -0.39 is 0 Å². The first-order valence-electron chi connectivity index (χ1n) is 6.00. The molecule has 1 aromatic rings. The molecule has 1 aromatic carbocycles. The van der Waals surface area contributed by atoms with E-state index >= 15 is 0 Å². The molecule has 2 rings (SSSR count). The Morgan fingerprint density at radius 3 is 2.69 bits per heavy atom. The molecule has 86 valence electrons. The minimum atomic E-state index is -0.0253. The van der Waals surface area contributed by atoms with Crippen LogP contribution in [0.25, 0.3) is 0 Å². The molecule has 2 nitrogen and oxygen atoms in total. The number of rotatable bonds is 3. The molecule has 1 fully saturated rings. The highest BCUT2D eigenvalue weighted by Crippen LogP contribution is 2.22. The van der Waals surface area contributed by atoms with Crippen molar-refractivity contribution >= 4 is 5.78 Å². The Morgan fingerprint density at radius 1 is 1.31 bits per heavy atom. The number of benzene rings is 1. The van der Waals surface area contributed by atoms with E-state index in [1.165, 1.54) is 6.42 Å². The summed E-state index contributed by atoms with van der Waals surface area (Å²) >= 11 is 0. The van der Waals surface area contributed by atoms with Crippen molar-refractivity contribution in [3.63, 3.8) is 0 Å². The van der Waals surface area contributed by atoms with Gasteiger partial charge in [0.1, 0.15) is 0 Å². The van der Waals surface area contributed by atoms with Crippen LogP contribution in [-0.2, 0) is 4.74 Å². The zero-order valence-corrected chi connectivity index (χ0v) is 9.69. The van der Waals surface area contributed by atoms with Gasteiger partial charge in [0.25, 0.3) is 0 Å². The van der Waals surface area contributed by atoms with Gasteiger partial charge in [-0.3, -0.25) is 4.79 Å². The second kappa shape index (κ2) is 5.26. The molecule has 2 heteroatoms. The van der Waals surface area contributed by atoms with Gasteiger partial charge in [-0.25, -0.2) is 0 Å². The zero-order valence-electron chi connectivity index (χ0n) is 9.69. The summed E-state index contributed by atoms with van der Waals surface area (Å²) in [7, 11) is 0. The van der Waals surface area contributed by atoms with Gasteiger partial charge in [0.05, 0.1) is 6.10 Å². The van der Waals surface area contributed by atoms with E-state index in [2.05, 4.69) is 0 Å². The molecule has 1 aliphatic rings. The molecule has 1 saturated heterocycles. The lowest BCUT2D eigenvalue weighted by Crippen LogP contribution is -2.31. The fraction of sp³-hybridized carbons (Fsp3) is 0.500. The summed E-state index contributed by atoms with van der Waals surface area (Å²) in [5, 5.41) is 0. The Bertz CT molecular complexity index is 339. The Morgan fingerprint density at radius 2 is 2.06 bits per heavy atom. The van der Waals surface area contributed by atoms with E-state index in [4.69, 9.17) is 4.74 Å². The Balaban J connectivity index is 2.04. The maximum Gasteiger partial charge on any atom is 0.168 e. The van der Waals surface area contributed by atoms with Crippen molar-refractivity contribution in [2.75, 3.05) is 6.61 Å². The van der Waals surface area contributed by atoms with Gasteiger partial charge in [-0.2, -0.15) is 0 Å². The normalized spacial score (nSPS) is 22.7. The summed E-state index contributed by atoms with van der Waals surface area (Å²) in [5.74, 6) is 0.176. The van der Waals surface area contributed by atoms with E-state index in [-0.39, 0.29) is 17.8 Å². The van der Waals surface area contributed by atoms with Crippen molar-refractivity contribution in [3.8, 4) is 0 Å². The summed E-state index contributed by atoms with van der Waals surface area (Å²) in [6.07, 6.45) is 3.43. The van der Waals surface area contributed by atoms with Crippen LogP contribution in [0.3, 0.4) is 0 Å². The van der Waals surface area contributed by atoms with E-state index in [0.29, 0.717) is 0 Å². The van der Waals surface area contributed by atoms with Crippen molar-refractivity contribution in [1.29, 1.82) is 0 Å². The van der Waals surface area contributed by atoms with Crippen LogP contribution in [0.4, 0.5) is 0 Å². The van der Waals surface area contributed by atoms with Crippen molar-refractivity contribution in [3.05, 3.63) is 35.9 Å². The second-order valence-corrected chi connectivity index (χ2v) is 4.42. The molecule has 0 bridgehead atoms. The van der Waals surface area contributed by atoms with Crippen LogP contribution in [0, 0.1) is 5.92 Å². The lowest BCUT2D eigenvalue weighted by atomic mass is 9.90. The van der Waals surface area contributed by atoms with Gasteiger partial charge in [0.15, 0.2) is 5.78 Å². The summed E-state index contributed by atoms with van der Waals surface area (Å²) in [6, 6.07) is 9.49. The number of carbonyl (C=O) groups excluding carboxylic acids is 1. The SMILES string of the molecule is C[C@@H](C(=O)c1ccccc1)[C@H]1CCCCO1. The first-order valence-corrected chi connectivity index (χ1v) is 6.00.